The van der Waals surface area contributed by atoms with Crippen molar-refractivity contribution in [1.82, 2.24) is 64.5 Å². The summed E-state index contributed by atoms with van der Waals surface area (Å²) in [6.45, 7) is 98.6. The summed E-state index contributed by atoms with van der Waals surface area (Å²) in [7, 11) is 17.5. The maximum atomic E-state index is 13.8. The number of nitrogens with zero attached hydrogens (tertiary/aromatic N) is 11. The molecule has 0 saturated carbocycles. The van der Waals surface area contributed by atoms with E-state index >= 15 is 0 Å². The van der Waals surface area contributed by atoms with Crippen LogP contribution in [0.3, 0.4) is 0 Å². The van der Waals surface area contributed by atoms with Gasteiger partial charge in [-0.05, 0) is 459 Å². The number of β-amino-alcohol motifs (C(OH)–C–C–N with tert-alkyl or cyclic N) is 1. The number of alkyl halides is 1. The topological polar surface area (TPSA) is 100 Å². The van der Waals surface area contributed by atoms with E-state index in [2.05, 4.69) is 301 Å². The van der Waals surface area contributed by atoms with Crippen LogP contribution in [-0.4, -0.2) is 328 Å². The van der Waals surface area contributed by atoms with Gasteiger partial charge >= 0.3 is 0 Å². The Hall–Kier alpha value is -0.670. The van der Waals surface area contributed by atoms with Gasteiger partial charge in [0.05, 0.1) is 12.2 Å². The summed E-state index contributed by atoms with van der Waals surface area (Å²) in [6.07, 6.45) is 31.1. The van der Waals surface area contributed by atoms with Crippen molar-refractivity contribution in [3.8, 4) is 0 Å². The lowest BCUT2D eigenvalue weighted by Crippen LogP contribution is -2.47. The molecule has 12 heterocycles. The normalized spacial score (nSPS) is 24.7. The lowest BCUT2D eigenvalue weighted by Gasteiger charge is -2.43. The van der Waals surface area contributed by atoms with Gasteiger partial charge in [-0.2, -0.15) is 0 Å². The van der Waals surface area contributed by atoms with E-state index in [0.717, 1.165) is 140 Å². The van der Waals surface area contributed by atoms with Gasteiger partial charge in [0, 0.05) is 64.9 Å². The summed E-state index contributed by atoms with van der Waals surface area (Å²) in [5, 5.41) is 25.6. The molecule has 0 aliphatic carbocycles. The lowest BCUT2D eigenvalue weighted by molar-refractivity contribution is -0.0521. The van der Waals surface area contributed by atoms with Crippen LogP contribution < -0.4 is 10.6 Å². The molecule has 1 atom stereocenters. The second kappa shape index (κ2) is 67.6. The molecule has 12 rings (SSSR count). The number of piperazine rings is 1. The Labute approximate surface area is 802 Å². The van der Waals surface area contributed by atoms with E-state index in [0.29, 0.717) is 41.6 Å². The van der Waals surface area contributed by atoms with E-state index in [1.807, 2.05) is 13.8 Å². The number of hydrogen-bond donors (Lipinski definition) is 4. The minimum Gasteiger partial charge on any atom is -0.395 e. The number of likely N-dealkylation sites (tertiary alicyclic amines) is 9. The summed E-state index contributed by atoms with van der Waals surface area (Å²) in [6, 6.07) is 0.730. The fraction of sp³-hybridized carbons (Fsp3) is 1.00. The second-order valence-electron chi connectivity index (χ2n) is 48.3. The number of hydrogen-bond acceptors (Lipinski definition) is 15. The van der Waals surface area contributed by atoms with Crippen LogP contribution in [0.1, 0.15) is 348 Å². The van der Waals surface area contributed by atoms with E-state index in [9.17, 15) is 9.50 Å². The van der Waals surface area contributed by atoms with Gasteiger partial charge in [0.1, 0.15) is 5.67 Å². The third-order valence-corrected chi connectivity index (χ3v) is 35.3. The van der Waals surface area contributed by atoms with E-state index in [1.165, 1.54) is 279 Å². The van der Waals surface area contributed by atoms with Crippen molar-refractivity contribution in [2.24, 2.45) is 117 Å². The molecule has 0 aromatic rings. The highest BCUT2D eigenvalue weighted by Gasteiger charge is 2.39. The molecular formula is C112H236FN13O2. The van der Waals surface area contributed by atoms with Crippen LogP contribution in [0.25, 0.3) is 0 Å². The molecule has 4 N–H and O–H groups in total. The molecular weight excluding hydrogens is 1580 g/mol. The molecule has 1 unspecified atom stereocenters. The summed E-state index contributed by atoms with van der Waals surface area (Å²) < 4.78 is 13.8. The zero-order valence-electron chi connectivity index (χ0n) is 93.6. The monoisotopic (exact) mass is 1810 g/mol. The van der Waals surface area contributed by atoms with E-state index < -0.39 is 5.67 Å². The summed E-state index contributed by atoms with van der Waals surface area (Å²) in [4.78, 5) is 26.5. The summed E-state index contributed by atoms with van der Waals surface area (Å²) in [5.74, 6) is 14.3. The minimum absolute atomic E-state index is 0.177. The maximum absolute atomic E-state index is 13.8. The Morgan fingerprint density at radius 1 is 0.297 bits per heavy atom. The van der Waals surface area contributed by atoms with Crippen molar-refractivity contribution in [2.45, 2.75) is 365 Å². The molecule has 0 bridgehead atoms. The lowest BCUT2D eigenvalue weighted by atomic mass is 9.68. The molecule has 12 fully saturated rings. The van der Waals surface area contributed by atoms with Crippen molar-refractivity contribution in [1.29, 1.82) is 0 Å². The van der Waals surface area contributed by atoms with Crippen LogP contribution in [0.5, 0.6) is 0 Å². The summed E-state index contributed by atoms with van der Waals surface area (Å²) >= 11 is 0. The summed E-state index contributed by atoms with van der Waals surface area (Å²) in [5.41, 5.74) is 0.628. The van der Waals surface area contributed by atoms with Gasteiger partial charge in [-0.15, -0.1) is 0 Å². The smallest absolute Gasteiger partial charge is 0.115 e. The Bertz CT molecular complexity index is 2380. The third kappa shape index (κ3) is 52.4. The van der Waals surface area contributed by atoms with Crippen molar-refractivity contribution in [3.63, 3.8) is 0 Å². The molecule has 768 valence electrons. The number of halogens is 1. The molecule has 0 aromatic carbocycles. The van der Waals surface area contributed by atoms with Gasteiger partial charge in [0.2, 0.25) is 0 Å². The van der Waals surface area contributed by atoms with Crippen molar-refractivity contribution >= 4 is 0 Å². The first-order valence-electron chi connectivity index (χ1n) is 55.1. The van der Waals surface area contributed by atoms with Crippen LogP contribution in [0.2, 0.25) is 0 Å². The van der Waals surface area contributed by atoms with Crippen LogP contribution in [0, 0.1) is 117 Å². The number of likely N-dealkylation sites (N-methyl/N-ethyl adjacent to an activating group) is 1. The number of aliphatic hydroxyl groups is 2. The first-order chi connectivity index (χ1) is 60.0. The van der Waals surface area contributed by atoms with Gasteiger partial charge in [-0.3, -0.25) is 4.90 Å². The quantitative estimate of drug-likeness (QED) is 0.118. The Morgan fingerprint density at radius 3 is 0.883 bits per heavy atom. The molecule has 12 aliphatic heterocycles. The van der Waals surface area contributed by atoms with Gasteiger partial charge < -0.3 is 69.8 Å². The largest absolute Gasteiger partial charge is 0.395 e. The fourth-order valence-corrected chi connectivity index (χ4v) is 20.9. The highest BCUT2D eigenvalue weighted by atomic mass is 19.1. The van der Waals surface area contributed by atoms with Crippen molar-refractivity contribution in [3.05, 3.63) is 0 Å². The minimum atomic E-state index is -0.882. The number of nitrogens with one attached hydrogen (secondary N) is 2. The molecule has 16 heteroatoms. The number of piperidine rings is 10. The van der Waals surface area contributed by atoms with Gasteiger partial charge in [0.25, 0.3) is 0 Å². The number of rotatable bonds is 16. The molecule has 12 saturated heterocycles. The van der Waals surface area contributed by atoms with E-state index in [4.69, 9.17) is 5.11 Å². The molecule has 128 heavy (non-hydrogen) atoms. The molecule has 0 radical (unpaired) electrons. The van der Waals surface area contributed by atoms with Crippen LogP contribution in [0.15, 0.2) is 0 Å². The predicted molar refractivity (Wildman–Crippen MR) is 566 cm³/mol. The number of aliphatic hydroxyl groups excluding tert-OH is 1. The van der Waals surface area contributed by atoms with Crippen molar-refractivity contribution < 1.29 is 14.6 Å². The van der Waals surface area contributed by atoms with Crippen molar-refractivity contribution in [2.75, 3.05) is 246 Å². The molecule has 12 aliphatic rings. The van der Waals surface area contributed by atoms with E-state index in [-0.39, 0.29) is 11.5 Å². The average Bonchev–Trinajstić information content (AvgIpc) is 0.864. The zero-order chi connectivity index (χ0) is 97.1. The molecule has 0 spiro atoms. The standard InChI is InChI=1S/C11H23N.C10H21NO.3C10H21N.C9H18FN.C9H19NO.3C9H19N.C8H18N2.C8H17N/c1-5-11(10(2)3)6-8-12(4)9-7-11;1-9(2)10-3-5-11(6-4-10)7-8-12;1-9(2)10(3)5-7-11(4)8-6-10;1-9(2)10-5-4-7-11(3)8-6-10;1-4-11-7-5-10(6-8-11)9(2)3;1-8(2)9(10)4-6-11(3)7-5-9;1-8(2)9(11)4-6-10(3)7-5-9;2*1-8(2)9-4-6-10(3)7-5-9;1-8(2)9(3)4-6-10-7-5-9;1-8(2)10-6-4-9(3)5-7-10;1-7(2)8-3-5-9-6-4-8/h10H,5-9H2,1-4H3;9-10,12H,3-8H2,1-2H3;9H,5-8H2,1-4H3;2*9-10H,4-8H2,1-3H3;8H,4-7H2,1-3H3;8,11H,4-7H2,1-3H3;2*8-9H,4-7H2,1-3H3;8,10H,4-7H2,1-3H3;8H,4-7H2,1-3H3;7-9H,3-6H2,1-2H3. The maximum Gasteiger partial charge on any atom is 0.115 e. The average molecular weight is 1820 g/mol. The zero-order valence-corrected chi connectivity index (χ0v) is 93.6. The Balaban J connectivity index is 0.000000699. The SMILES string of the molecule is CC(C)C1(C)CCN(C)CC1.CC(C)C1(C)CCNCC1.CC(C)C1(F)CCN(C)CC1.CC(C)C1(O)CCN(C)CC1.CC(C)C1CCCN(C)CC1.CC(C)C1CCN(C)CC1.CC(C)C1CCN(C)CC1.CC(C)C1CCN(CCO)CC1.CC(C)C1CCNCC1.CC(C)N1CCN(C)CC1.CCC1(C(C)C)CCN(C)CC1.CCN1CCC(C(C)C)CC1. The first-order valence-corrected chi connectivity index (χ1v) is 55.1. The Kier molecular flexibility index (Phi) is 66.2. The van der Waals surface area contributed by atoms with Gasteiger partial charge in [0.15, 0.2) is 0 Å². The third-order valence-electron chi connectivity index (χ3n) is 35.3. The van der Waals surface area contributed by atoms with Gasteiger partial charge in [-0.25, -0.2) is 4.39 Å². The predicted octanol–water partition coefficient (Wildman–Crippen LogP) is 22.7. The molecule has 15 nitrogen and oxygen atoms in total. The van der Waals surface area contributed by atoms with Crippen LogP contribution >= 0.6 is 0 Å². The second-order valence-corrected chi connectivity index (χ2v) is 48.3. The fourth-order valence-electron chi connectivity index (χ4n) is 20.9. The van der Waals surface area contributed by atoms with Crippen LogP contribution in [-0.2, 0) is 0 Å². The van der Waals surface area contributed by atoms with Gasteiger partial charge in [-0.1, -0.05) is 186 Å². The Morgan fingerprint density at radius 2 is 0.586 bits per heavy atom. The molecule has 0 aromatic heterocycles. The highest BCUT2D eigenvalue weighted by molar-refractivity contribution is 4.91. The highest BCUT2D eigenvalue weighted by Crippen LogP contribution is 2.42. The first kappa shape index (κ1) is 125. The van der Waals surface area contributed by atoms with E-state index in [1.54, 1.807) is 0 Å². The van der Waals surface area contributed by atoms with Crippen LogP contribution in [0.4, 0.5) is 4.39 Å². The molecule has 0 amide bonds.